The van der Waals surface area contributed by atoms with Crippen LogP contribution in [0.2, 0.25) is 0 Å². The average molecular weight is 299 g/mol. The van der Waals surface area contributed by atoms with Crippen LogP contribution in [0.3, 0.4) is 0 Å². The Bertz CT molecular complexity index is 497. The van der Waals surface area contributed by atoms with Crippen molar-refractivity contribution < 1.29 is 9.47 Å². The van der Waals surface area contributed by atoms with E-state index >= 15 is 0 Å². The van der Waals surface area contributed by atoms with Gasteiger partial charge in [0.2, 0.25) is 0 Å². The van der Waals surface area contributed by atoms with Gasteiger partial charge in [-0.05, 0) is 45.2 Å². The van der Waals surface area contributed by atoms with Gasteiger partial charge in [0.1, 0.15) is 24.7 Å². The van der Waals surface area contributed by atoms with Crippen LogP contribution >= 0.6 is 0 Å². The zero-order valence-electron chi connectivity index (χ0n) is 13.7. The molecule has 0 aliphatic carbocycles. The van der Waals surface area contributed by atoms with Gasteiger partial charge in [0.25, 0.3) is 0 Å². The molecule has 0 saturated carbocycles. The van der Waals surface area contributed by atoms with E-state index in [-0.39, 0.29) is 0 Å². The average Bonchev–Trinajstić information content (AvgIpc) is 2.51. The lowest BCUT2D eigenvalue weighted by Crippen LogP contribution is -2.28. The molecule has 0 atom stereocenters. The van der Waals surface area contributed by atoms with E-state index < -0.39 is 0 Å². The summed E-state index contributed by atoms with van der Waals surface area (Å²) in [6, 6.07) is 16.3. The summed E-state index contributed by atoms with van der Waals surface area (Å²) in [5.41, 5.74) is 2.50. The minimum Gasteiger partial charge on any atom is -0.492 e. The zero-order valence-corrected chi connectivity index (χ0v) is 13.7. The fraction of sp³-hybridized carbons (Fsp3) is 0.368. The van der Waals surface area contributed by atoms with Crippen molar-refractivity contribution in [2.24, 2.45) is 0 Å². The predicted molar refractivity (Wildman–Crippen MR) is 90.8 cm³/mol. The Morgan fingerprint density at radius 3 is 1.41 bits per heavy atom. The Morgan fingerprint density at radius 1 is 0.682 bits per heavy atom. The van der Waals surface area contributed by atoms with Crippen LogP contribution in [-0.2, 0) is 0 Å². The number of aryl methyl sites for hydroxylation is 2. The molecule has 3 nitrogen and oxygen atoms in total. The summed E-state index contributed by atoms with van der Waals surface area (Å²) < 4.78 is 11.5. The number of benzene rings is 2. The highest BCUT2D eigenvalue weighted by Gasteiger charge is 2.00. The monoisotopic (exact) mass is 299 g/mol. The molecule has 0 amide bonds. The van der Waals surface area contributed by atoms with Crippen LogP contribution < -0.4 is 9.47 Å². The van der Waals surface area contributed by atoms with Gasteiger partial charge in [-0.15, -0.1) is 0 Å². The zero-order chi connectivity index (χ0) is 15.8. The molecule has 2 aromatic carbocycles. The minimum atomic E-state index is 0.685. The minimum absolute atomic E-state index is 0.685. The van der Waals surface area contributed by atoms with Gasteiger partial charge in [-0.2, -0.15) is 0 Å². The molecule has 3 heteroatoms. The Kier molecular flexibility index (Phi) is 6.28. The van der Waals surface area contributed by atoms with Crippen molar-refractivity contribution in [1.29, 1.82) is 0 Å². The molecule has 0 fully saturated rings. The Labute approximate surface area is 133 Å². The van der Waals surface area contributed by atoms with Crippen molar-refractivity contribution in [1.82, 2.24) is 4.90 Å². The molecular formula is C19H25NO2. The summed E-state index contributed by atoms with van der Waals surface area (Å²) in [6.07, 6.45) is 0. The van der Waals surface area contributed by atoms with Gasteiger partial charge in [-0.25, -0.2) is 0 Å². The van der Waals surface area contributed by atoms with Crippen molar-refractivity contribution >= 4 is 0 Å². The lowest BCUT2D eigenvalue weighted by atomic mass is 10.2. The second kappa shape index (κ2) is 8.44. The molecule has 0 N–H and O–H groups in total. The molecule has 0 aliphatic heterocycles. The van der Waals surface area contributed by atoms with Crippen LogP contribution in [0, 0.1) is 13.8 Å². The molecule has 0 radical (unpaired) electrons. The summed E-state index contributed by atoms with van der Waals surface area (Å²) in [6.45, 7) is 7.28. The fourth-order valence-corrected chi connectivity index (χ4v) is 2.02. The molecule has 0 aromatic heterocycles. The maximum atomic E-state index is 5.73. The smallest absolute Gasteiger partial charge is 0.119 e. The summed E-state index contributed by atoms with van der Waals surface area (Å²) in [5.74, 6) is 1.85. The second-order valence-electron chi connectivity index (χ2n) is 5.63. The molecular weight excluding hydrogens is 274 g/mol. The van der Waals surface area contributed by atoms with Gasteiger partial charge in [-0.1, -0.05) is 35.4 Å². The molecule has 0 heterocycles. The van der Waals surface area contributed by atoms with Crippen molar-refractivity contribution in [3.05, 3.63) is 59.7 Å². The van der Waals surface area contributed by atoms with E-state index in [0.717, 1.165) is 24.6 Å². The molecule has 0 spiro atoms. The Balaban J connectivity index is 1.60. The highest BCUT2D eigenvalue weighted by Crippen LogP contribution is 2.12. The summed E-state index contributed by atoms with van der Waals surface area (Å²) in [7, 11) is 2.08. The maximum absolute atomic E-state index is 5.73. The SMILES string of the molecule is Cc1ccc(OCCN(C)CCOc2ccc(C)cc2)cc1. The molecule has 22 heavy (non-hydrogen) atoms. The van der Waals surface area contributed by atoms with Crippen molar-refractivity contribution in [2.75, 3.05) is 33.4 Å². The first-order valence-corrected chi connectivity index (χ1v) is 7.71. The molecule has 0 bridgehead atoms. The van der Waals surface area contributed by atoms with E-state index in [0.29, 0.717) is 13.2 Å². The number of hydrogen-bond acceptors (Lipinski definition) is 3. The highest BCUT2D eigenvalue weighted by atomic mass is 16.5. The van der Waals surface area contributed by atoms with Gasteiger partial charge in [0, 0.05) is 13.1 Å². The lowest BCUT2D eigenvalue weighted by molar-refractivity contribution is 0.202. The van der Waals surface area contributed by atoms with Crippen LogP contribution in [0.1, 0.15) is 11.1 Å². The number of rotatable bonds is 8. The standard InChI is InChI=1S/C19H25NO2/c1-16-4-8-18(9-5-16)21-14-12-20(3)13-15-22-19-10-6-17(2)7-11-19/h4-11H,12-15H2,1-3H3. The van der Waals surface area contributed by atoms with Crippen molar-refractivity contribution in [3.63, 3.8) is 0 Å². The lowest BCUT2D eigenvalue weighted by Gasteiger charge is -2.17. The first-order chi connectivity index (χ1) is 10.6. The van der Waals surface area contributed by atoms with E-state index in [1.807, 2.05) is 24.3 Å². The molecule has 0 unspecified atom stereocenters. The number of ether oxygens (including phenoxy) is 2. The van der Waals surface area contributed by atoms with E-state index in [2.05, 4.69) is 50.1 Å². The van der Waals surface area contributed by atoms with E-state index in [4.69, 9.17) is 9.47 Å². The van der Waals surface area contributed by atoms with E-state index in [1.54, 1.807) is 0 Å². The quantitative estimate of drug-likeness (QED) is 0.742. The fourth-order valence-electron chi connectivity index (χ4n) is 2.02. The number of likely N-dealkylation sites (N-methyl/N-ethyl adjacent to an activating group) is 1. The molecule has 118 valence electrons. The van der Waals surface area contributed by atoms with Crippen LogP contribution in [0.5, 0.6) is 11.5 Å². The summed E-state index contributed by atoms with van der Waals surface area (Å²) in [4.78, 5) is 2.21. The Morgan fingerprint density at radius 2 is 1.05 bits per heavy atom. The van der Waals surface area contributed by atoms with Crippen LogP contribution in [0.4, 0.5) is 0 Å². The van der Waals surface area contributed by atoms with Gasteiger partial charge in [0.15, 0.2) is 0 Å². The summed E-state index contributed by atoms with van der Waals surface area (Å²) >= 11 is 0. The van der Waals surface area contributed by atoms with Gasteiger partial charge < -0.3 is 9.47 Å². The van der Waals surface area contributed by atoms with Gasteiger partial charge >= 0.3 is 0 Å². The third-order valence-corrected chi connectivity index (χ3v) is 3.53. The predicted octanol–water partition coefficient (Wildman–Crippen LogP) is 3.69. The normalized spacial score (nSPS) is 10.7. The van der Waals surface area contributed by atoms with Crippen LogP contribution in [0.15, 0.2) is 48.5 Å². The first-order valence-electron chi connectivity index (χ1n) is 7.71. The largest absolute Gasteiger partial charge is 0.492 e. The molecule has 0 aliphatic rings. The first kappa shape index (κ1) is 16.4. The second-order valence-corrected chi connectivity index (χ2v) is 5.63. The van der Waals surface area contributed by atoms with Crippen molar-refractivity contribution in [3.8, 4) is 11.5 Å². The third kappa shape index (κ3) is 5.78. The third-order valence-electron chi connectivity index (χ3n) is 3.53. The number of nitrogens with zero attached hydrogens (tertiary/aromatic N) is 1. The van der Waals surface area contributed by atoms with Crippen molar-refractivity contribution in [2.45, 2.75) is 13.8 Å². The molecule has 2 aromatic rings. The maximum Gasteiger partial charge on any atom is 0.119 e. The van der Waals surface area contributed by atoms with E-state index in [9.17, 15) is 0 Å². The molecule has 0 saturated heterocycles. The van der Waals surface area contributed by atoms with E-state index in [1.165, 1.54) is 11.1 Å². The number of hydrogen-bond donors (Lipinski definition) is 0. The van der Waals surface area contributed by atoms with Gasteiger partial charge in [-0.3, -0.25) is 4.90 Å². The van der Waals surface area contributed by atoms with Crippen LogP contribution in [-0.4, -0.2) is 38.3 Å². The van der Waals surface area contributed by atoms with Crippen LogP contribution in [0.25, 0.3) is 0 Å². The Hall–Kier alpha value is -2.00. The summed E-state index contributed by atoms with van der Waals surface area (Å²) in [5, 5.41) is 0. The molecule has 2 rings (SSSR count). The topological polar surface area (TPSA) is 21.7 Å². The van der Waals surface area contributed by atoms with Gasteiger partial charge in [0.05, 0.1) is 0 Å². The highest BCUT2D eigenvalue weighted by molar-refractivity contribution is 5.26.